The zero-order valence-corrected chi connectivity index (χ0v) is 11.0. The number of hydrogen-bond donors (Lipinski definition) is 0. The molecule has 1 saturated carbocycles. The SMILES string of the molecule is CCCCC(CCC)N1CC(OC2CC2)C1. The second kappa shape index (κ2) is 6.02. The Morgan fingerprint density at radius 2 is 1.81 bits per heavy atom. The van der Waals surface area contributed by atoms with Gasteiger partial charge in [0.1, 0.15) is 0 Å². The molecular formula is C14H27NO. The van der Waals surface area contributed by atoms with E-state index in [0.717, 1.165) is 6.04 Å². The van der Waals surface area contributed by atoms with Gasteiger partial charge in [0.15, 0.2) is 0 Å². The van der Waals surface area contributed by atoms with Gasteiger partial charge in [-0.1, -0.05) is 33.1 Å². The molecule has 0 aromatic heterocycles. The van der Waals surface area contributed by atoms with Gasteiger partial charge in [0, 0.05) is 19.1 Å². The highest BCUT2D eigenvalue weighted by atomic mass is 16.5. The van der Waals surface area contributed by atoms with Crippen LogP contribution in [0.5, 0.6) is 0 Å². The molecule has 0 aromatic rings. The van der Waals surface area contributed by atoms with Crippen molar-refractivity contribution >= 4 is 0 Å². The molecule has 1 aliphatic carbocycles. The molecule has 1 aliphatic heterocycles. The van der Waals surface area contributed by atoms with Gasteiger partial charge in [-0.25, -0.2) is 0 Å². The minimum atomic E-state index is 0.563. The number of ether oxygens (including phenoxy) is 1. The molecule has 2 nitrogen and oxygen atoms in total. The summed E-state index contributed by atoms with van der Waals surface area (Å²) in [4.78, 5) is 2.65. The molecule has 2 aliphatic rings. The summed E-state index contributed by atoms with van der Waals surface area (Å²) in [5, 5.41) is 0. The van der Waals surface area contributed by atoms with Crippen LogP contribution in [0, 0.1) is 0 Å². The van der Waals surface area contributed by atoms with E-state index in [4.69, 9.17) is 4.74 Å². The maximum Gasteiger partial charge on any atom is 0.0832 e. The van der Waals surface area contributed by atoms with Crippen molar-refractivity contribution in [1.82, 2.24) is 4.90 Å². The van der Waals surface area contributed by atoms with Crippen LogP contribution in [0.25, 0.3) is 0 Å². The van der Waals surface area contributed by atoms with E-state index in [-0.39, 0.29) is 0 Å². The third-order valence-electron chi connectivity index (χ3n) is 3.81. The summed E-state index contributed by atoms with van der Waals surface area (Å²) in [6.07, 6.45) is 10.6. The molecule has 0 spiro atoms. The Kier molecular flexibility index (Phi) is 4.66. The van der Waals surface area contributed by atoms with Crippen LogP contribution < -0.4 is 0 Å². The van der Waals surface area contributed by atoms with Crippen molar-refractivity contribution in [1.29, 1.82) is 0 Å². The number of hydrogen-bond acceptors (Lipinski definition) is 2. The Morgan fingerprint density at radius 1 is 1.06 bits per heavy atom. The lowest BCUT2D eigenvalue weighted by Gasteiger charge is -2.44. The molecule has 1 unspecified atom stereocenters. The Labute approximate surface area is 100 Å². The fourth-order valence-corrected chi connectivity index (χ4v) is 2.61. The van der Waals surface area contributed by atoms with Crippen LogP contribution in [-0.4, -0.2) is 36.2 Å². The van der Waals surface area contributed by atoms with Crippen LogP contribution in [0.4, 0.5) is 0 Å². The van der Waals surface area contributed by atoms with Gasteiger partial charge in [0.25, 0.3) is 0 Å². The van der Waals surface area contributed by atoms with Crippen LogP contribution in [0.3, 0.4) is 0 Å². The second-order valence-corrected chi connectivity index (χ2v) is 5.50. The molecule has 2 heteroatoms. The minimum absolute atomic E-state index is 0.563. The molecule has 0 aromatic carbocycles. The van der Waals surface area contributed by atoms with Crippen LogP contribution in [0.1, 0.15) is 58.8 Å². The van der Waals surface area contributed by atoms with Gasteiger partial charge in [-0.3, -0.25) is 4.90 Å². The van der Waals surface area contributed by atoms with Gasteiger partial charge in [0.05, 0.1) is 12.2 Å². The molecule has 1 atom stereocenters. The molecule has 1 heterocycles. The van der Waals surface area contributed by atoms with Crippen molar-refractivity contribution in [3.8, 4) is 0 Å². The highest BCUT2D eigenvalue weighted by Gasteiger charge is 2.36. The Bertz CT molecular complexity index is 197. The quantitative estimate of drug-likeness (QED) is 0.629. The third-order valence-corrected chi connectivity index (χ3v) is 3.81. The lowest BCUT2D eigenvalue weighted by Crippen LogP contribution is -2.56. The lowest BCUT2D eigenvalue weighted by atomic mass is 9.99. The molecule has 2 rings (SSSR count). The second-order valence-electron chi connectivity index (χ2n) is 5.50. The smallest absolute Gasteiger partial charge is 0.0832 e. The summed E-state index contributed by atoms with van der Waals surface area (Å²) < 4.78 is 5.92. The summed E-state index contributed by atoms with van der Waals surface area (Å²) in [5.74, 6) is 0. The molecule has 2 fully saturated rings. The third kappa shape index (κ3) is 3.46. The van der Waals surface area contributed by atoms with E-state index in [1.54, 1.807) is 0 Å². The van der Waals surface area contributed by atoms with Crippen LogP contribution >= 0.6 is 0 Å². The number of rotatable bonds is 8. The van der Waals surface area contributed by atoms with E-state index in [9.17, 15) is 0 Å². The first-order valence-electron chi connectivity index (χ1n) is 7.23. The van der Waals surface area contributed by atoms with E-state index < -0.39 is 0 Å². The standard InChI is InChI=1S/C14H27NO/c1-3-5-7-12(6-4-2)15-10-14(11-15)16-13-8-9-13/h12-14H,3-11H2,1-2H3. The zero-order chi connectivity index (χ0) is 11.4. The fraction of sp³-hybridized carbons (Fsp3) is 1.00. The lowest BCUT2D eigenvalue weighted by molar-refractivity contribution is -0.0817. The van der Waals surface area contributed by atoms with Crippen molar-refractivity contribution in [2.75, 3.05) is 13.1 Å². The van der Waals surface area contributed by atoms with E-state index in [1.165, 1.54) is 58.0 Å². The Hall–Kier alpha value is -0.0800. The normalized spacial score (nSPS) is 24.4. The van der Waals surface area contributed by atoms with Gasteiger partial charge >= 0.3 is 0 Å². The highest BCUT2D eigenvalue weighted by Crippen LogP contribution is 2.29. The minimum Gasteiger partial charge on any atom is -0.372 e. The van der Waals surface area contributed by atoms with E-state index in [2.05, 4.69) is 18.7 Å². The van der Waals surface area contributed by atoms with Crippen molar-refractivity contribution in [3.63, 3.8) is 0 Å². The molecule has 0 radical (unpaired) electrons. The molecule has 0 N–H and O–H groups in total. The van der Waals surface area contributed by atoms with Crippen molar-refractivity contribution < 1.29 is 4.74 Å². The van der Waals surface area contributed by atoms with E-state index in [0.29, 0.717) is 12.2 Å². The Morgan fingerprint density at radius 3 is 2.38 bits per heavy atom. The van der Waals surface area contributed by atoms with Gasteiger partial charge in [-0.2, -0.15) is 0 Å². The van der Waals surface area contributed by atoms with Gasteiger partial charge in [-0.05, 0) is 25.7 Å². The first-order valence-corrected chi connectivity index (χ1v) is 7.23. The Balaban J connectivity index is 1.64. The fourth-order valence-electron chi connectivity index (χ4n) is 2.61. The van der Waals surface area contributed by atoms with E-state index >= 15 is 0 Å². The van der Waals surface area contributed by atoms with Crippen LogP contribution in [0.15, 0.2) is 0 Å². The number of unbranched alkanes of at least 4 members (excludes halogenated alkanes) is 1. The first kappa shape index (κ1) is 12.4. The summed E-state index contributed by atoms with van der Waals surface area (Å²) in [6, 6.07) is 0.837. The molecule has 94 valence electrons. The monoisotopic (exact) mass is 225 g/mol. The molecule has 16 heavy (non-hydrogen) atoms. The van der Waals surface area contributed by atoms with Crippen molar-refractivity contribution in [2.45, 2.75) is 77.0 Å². The first-order chi connectivity index (χ1) is 7.83. The predicted molar refractivity (Wildman–Crippen MR) is 67.7 cm³/mol. The maximum atomic E-state index is 5.92. The molecule has 0 amide bonds. The van der Waals surface area contributed by atoms with Gasteiger partial charge in [-0.15, -0.1) is 0 Å². The van der Waals surface area contributed by atoms with Crippen LogP contribution in [-0.2, 0) is 4.74 Å². The molecule has 0 bridgehead atoms. The molecule has 1 saturated heterocycles. The van der Waals surface area contributed by atoms with Crippen molar-refractivity contribution in [3.05, 3.63) is 0 Å². The summed E-state index contributed by atoms with van der Waals surface area (Å²) in [6.45, 7) is 6.99. The average molecular weight is 225 g/mol. The maximum absolute atomic E-state index is 5.92. The van der Waals surface area contributed by atoms with Gasteiger partial charge < -0.3 is 4.74 Å². The number of likely N-dealkylation sites (tertiary alicyclic amines) is 1. The number of nitrogens with zero attached hydrogens (tertiary/aromatic N) is 1. The summed E-state index contributed by atoms with van der Waals surface area (Å²) in [5.41, 5.74) is 0. The topological polar surface area (TPSA) is 12.5 Å². The predicted octanol–water partition coefficient (Wildman–Crippen LogP) is 3.21. The summed E-state index contributed by atoms with van der Waals surface area (Å²) in [7, 11) is 0. The zero-order valence-electron chi connectivity index (χ0n) is 11.0. The molecular weight excluding hydrogens is 198 g/mol. The van der Waals surface area contributed by atoms with Gasteiger partial charge in [0.2, 0.25) is 0 Å². The van der Waals surface area contributed by atoms with Crippen molar-refractivity contribution in [2.24, 2.45) is 0 Å². The highest BCUT2D eigenvalue weighted by molar-refractivity contribution is 4.88. The largest absolute Gasteiger partial charge is 0.372 e. The average Bonchev–Trinajstić information content (AvgIpc) is 3.02. The van der Waals surface area contributed by atoms with E-state index in [1.807, 2.05) is 0 Å². The summed E-state index contributed by atoms with van der Waals surface area (Å²) >= 11 is 0. The van der Waals surface area contributed by atoms with Crippen LogP contribution in [0.2, 0.25) is 0 Å².